The van der Waals surface area contributed by atoms with Crippen molar-refractivity contribution in [2.75, 3.05) is 24.7 Å². The molecule has 18 heavy (non-hydrogen) atoms. The van der Waals surface area contributed by atoms with Crippen molar-refractivity contribution in [3.63, 3.8) is 0 Å². The fourth-order valence-electron chi connectivity index (χ4n) is 2.29. The number of hydrogen-bond acceptors (Lipinski definition) is 2. The number of hydrogen-bond donors (Lipinski definition) is 1. The smallest absolute Gasteiger partial charge is 0.312 e. The Morgan fingerprint density at radius 2 is 1.94 bits per heavy atom. The molecule has 3 nitrogen and oxygen atoms in total. The van der Waals surface area contributed by atoms with Gasteiger partial charge in [-0.05, 0) is 25.0 Å². The SMILES string of the molecule is O=C(O)C1(CF)CCN(c2ccccc2F)CC1. The molecule has 1 aromatic rings. The van der Waals surface area contributed by atoms with Crippen molar-refractivity contribution in [2.24, 2.45) is 5.41 Å². The molecular formula is C13H15F2NO2. The maximum Gasteiger partial charge on any atom is 0.312 e. The second kappa shape index (κ2) is 4.92. The molecule has 0 saturated carbocycles. The molecule has 1 aliphatic rings. The number of nitrogens with zero attached hydrogens (tertiary/aromatic N) is 1. The number of halogens is 2. The van der Waals surface area contributed by atoms with Crippen LogP contribution in [0.4, 0.5) is 14.5 Å². The average molecular weight is 255 g/mol. The van der Waals surface area contributed by atoms with Gasteiger partial charge in [0.15, 0.2) is 0 Å². The zero-order valence-corrected chi connectivity index (χ0v) is 9.90. The van der Waals surface area contributed by atoms with Crippen LogP contribution in [0.25, 0.3) is 0 Å². The third kappa shape index (κ3) is 2.17. The van der Waals surface area contributed by atoms with E-state index in [1.54, 1.807) is 23.1 Å². The third-order valence-electron chi connectivity index (χ3n) is 3.62. The van der Waals surface area contributed by atoms with Crippen LogP contribution >= 0.6 is 0 Å². The van der Waals surface area contributed by atoms with Crippen LogP contribution in [0.5, 0.6) is 0 Å². The highest BCUT2D eigenvalue weighted by Gasteiger charge is 2.42. The van der Waals surface area contributed by atoms with Crippen LogP contribution in [0.2, 0.25) is 0 Å². The van der Waals surface area contributed by atoms with Gasteiger partial charge in [-0.15, -0.1) is 0 Å². The van der Waals surface area contributed by atoms with Gasteiger partial charge in [0.2, 0.25) is 0 Å². The Hall–Kier alpha value is -1.65. The zero-order valence-electron chi connectivity index (χ0n) is 9.90. The summed E-state index contributed by atoms with van der Waals surface area (Å²) in [5.74, 6) is -1.43. The highest BCUT2D eigenvalue weighted by Crippen LogP contribution is 2.34. The zero-order chi connectivity index (χ0) is 13.2. The van der Waals surface area contributed by atoms with Crippen LogP contribution in [-0.2, 0) is 4.79 Å². The van der Waals surface area contributed by atoms with E-state index in [1.807, 2.05) is 0 Å². The fourth-order valence-corrected chi connectivity index (χ4v) is 2.29. The normalized spacial score (nSPS) is 18.7. The summed E-state index contributed by atoms with van der Waals surface area (Å²) >= 11 is 0. The predicted molar refractivity (Wildman–Crippen MR) is 63.9 cm³/mol. The van der Waals surface area contributed by atoms with Crippen LogP contribution in [-0.4, -0.2) is 30.8 Å². The Labute approximate surface area is 104 Å². The second-order valence-electron chi connectivity index (χ2n) is 4.66. The molecule has 1 aromatic carbocycles. The Bertz CT molecular complexity index is 442. The minimum Gasteiger partial charge on any atom is -0.481 e. The predicted octanol–water partition coefficient (Wildman–Crippen LogP) is 2.47. The number of piperidine rings is 1. The van der Waals surface area contributed by atoms with Gasteiger partial charge in [0, 0.05) is 13.1 Å². The largest absolute Gasteiger partial charge is 0.481 e. The van der Waals surface area contributed by atoms with Gasteiger partial charge in [-0.2, -0.15) is 0 Å². The molecule has 0 aliphatic carbocycles. The van der Waals surface area contributed by atoms with E-state index >= 15 is 0 Å². The van der Waals surface area contributed by atoms with Crippen LogP contribution in [0.15, 0.2) is 24.3 Å². The summed E-state index contributed by atoms with van der Waals surface area (Å²) in [4.78, 5) is 12.9. The van der Waals surface area contributed by atoms with Crippen molar-refractivity contribution in [3.8, 4) is 0 Å². The van der Waals surface area contributed by atoms with Crippen LogP contribution in [0.3, 0.4) is 0 Å². The number of alkyl halides is 1. The number of carboxylic acids is 1. The Morgan fingerprint density at radius 1 is 1.33 bits per heavy atom. The van der Waals surface area contributed by atoms with Gasteiger partial charge in [-0.3, -0.25) is 4.79 Å². The molecule has 1 aliphatic heterocycles. The first-order valence-electron chi connectivity index (χ1n) is 5.88. The molecule has 1 fully saturated rings. The molecule has 0 bridgehead atoms. The highest BCUT2D eigenvalue weighted by atomic mass is 19.1. The van der Waals surface area contributed by atoms with Crippen molar-refractivity contribution in [1.29, 1.82) is 0 Å². The van der Waals surface area contributed by atoms with Gasteiger partial charge < -0.3 is 10.0 Å². The molecule has 0 amide bonds. The number of carboxylic acid groups (broad SMARTS) is 1. The third-order valence-corrected chi connectivity index (χ3v) is 3.62. The number of para-hydroxylation sites is 1. The molecule has 1 heterocycles. The molecule has 1 saturated heterocycles. The van der Waals surface area contributed by atoms with Gasteiger partial charge in [0.25, 0.3) is 0 Å². The molecular weight excluding hydrogens is 240 g/mol. The highest BCUT2D eigenvalue weighted by molar-refractivity contribution is 5.75. The van der Waals surface area contributed by atoms with Crippen molar-refractivity contribution < 1.29 is 18.7 Å². The van der Waals surface area contributed by atoms with E-state index in [0.29, 0.717) is 18.8 Å². The van der Waals surface area contributed by atoms with Gasteiger partial charge in [-0.1, -0.05) is 12.1 Å². The summed E-state index contributed by atoms with van der Waals surface area (Å²) in [5, 5.41) is 9.07. The first-order chi connectivity index (χ1) is 8.59. The van der Waals surface area contributed by atoms with Crippen LogP contribution < -0.4 is 4.90 Å². The molecule has 5 heteroatoms. The summed E-state index contributed by atoms with van der Waals surface area (Å²) in [5.41, 5.74) is -0.836. The Balaban J connectivity index is 2.11. The molecule has 0 spiro atoms. The average Bonchev–Trinajstić information content (AvgIpc) is 2.39. The van der Waals surface area contributed by atoms with Crippen molar-refractivity contribution in [1.82, 2.24) is 0 Å². The first-order valence-corrected chi connectivity index (χ1v) is 5.88. The van der Waals surface area contributed by atoms with Crippen LogP contribution in [0.1, 0.15) is 12.8 Å². The molecule has 0 aromatic heterocycles. The molecule has 1 N–H and O–H groups in total. The summed E-state index contributed by atoms with van der Waals surface area (Å²) in [6.45, 7) is -0.151. The lowest BCUT2D eigenvalue weighted by atomic mass is 9.79. The molecule has 98 valence electrons. The minimum atomic E-state index is -1.29. The van der Waals surface area contributed by atoms with Crippen LogP contribution in [0, 0.1) is 11.2 Å². The number of carbonyl (C=O) groups is 1. The van der Waals surface area contributed by atoms with Gasteiger partial charge in [0.05, 0.1) is 11.1 Å². The van der Waals surface area contributed by atoms with Crippen molar-refractivity contribution >= 4 is 11.7 Å². The Morgan fingerprint density at radius 3 is 2.44 bits per heavy atom. The summed E-state index contributed by atoms with van der Waals surface area (Å²) in [7, 11) is 0. The standard InChI is InChI=1S/C13H15F2NO2/c14-9-13(12(17)18)5-7-16(8-6-13)11-4-2-1-3-10(11)15/h1-4H,5-9H2,(H,17,18). The molecule has 2 rings (SSSR count). The summed E-state index contributed by atoms with van der Waals surface area (Å²) in [6, 6.07) is 6.35. The van der Waals surface area contributed by atoms with E-state index in [4.69, 9.17) is 5.11 Å². The summed E-state index contributed by atoms with van der Waals surface area (Å²) in [6.07, 6.45) is 0.403. The topological polar surface area (TPSA) is 40.5 Å². The Kier molecular flexibility index (Phi) is 3.50. The lowest BCUT2D eigenvalue weighted by Crippen LogP contribution is -2.46. The summed E-state index contributed by atoms with van der Waals surface area (Å²) < 4.78 is 26.5. The molecule has 0 radical (unpaired) electrons. The lowest BCUT2D eigenvalue weighted by Gasteiger charge is -2.38. The van der Waals surface area contributed by atoms with E-state index < -0.39 is 18.1 Å². The maximum atomic E-state index is 13.6. The van der Waals surface area contributed by atoms with Crippen molar-refractivity contribution in [2.45, 2.75) is 12.8 Å². The number of anilines is 1. The molecule has 0 unspecified atom stereocenters. The van der Waals surface area contributed by atoms with E-state index in [2.05, 4.69) is 0 Å². The van der Waals surface area contributed by atoms with E-state index in [1.165, 1.54) is 6.07 Å². The quantitative estimate of drug-likeness (QED) is 0.902. The fraction of sp³-hybridized carbons (Fsp3) is 0.462. The number of rotatable bonds is 3. The minimum absolute atomic E-state index is 0.202. The maximum absolute atomic E-state index is 13.6. The van der Waals surface area contributed by atoms with E-state index in [9.17, 15) is 13.6 Å². The van der Waals surface area contributed by atoms with Gasteiger partial charge in [-0.25, -0.2) is 8.78 Å². The number of benzene rings is 1. The monoisotopic (exact) mass is 255 g/mol. The second-order valence-corrected chi connectivity index (χ2v) is 4.66. The van der Waals surface area contributed by atoms with Gasteiger partial charge in [0.1, 0.15) is 12.5 Å². The van der Waals surface area contributed by atoms with Crippen molar-refractivity contribution in [3.05, 3.63) is 30.1 Å². The van der Waals surface area contributed by atoms with E-state index in [-0.39, 0.29) is 18.7 Å². The van der Waals surface area contributed by atoms with Gasteiger partial charge >= 0.3 is 5.97 Å². The number of aliphatic carboxylic acids is 1. The first kappa shape index (κ1) is 12.8. The lowest BCUT2D eigenvalue weighted by molar-refractivity contribution is -0.151. The van der Waals surface area contributed by atoms with E-state index in [0.717, 1.165) is 0 Å². The molecule has 0 atom stereocenters.